The van der Waals surface area contributed by atoms with Crippen LogP contribution < -0.4 is 10.4 Å². The third-order valence-corrected chi connectivity index (χ3v) is 28.0. The highest BCUT2D eigenvalue weighted by Crippen LogP contribution is 2.41. The van der Waals surface area contributed by atoms with Crippen molar-refractivity contribution in [1.82, 2.24) is 4.90 Å². The normalized spacial score (nSPS) is 14.9. The number of hydrogen-bond donors (Lipinski definition) is 1. The number of aliphatic hydroxyl groups is 1. The lowest BCUT2D eigenvalue weighted by Gasteiger charge is -2.47. The van der Waals surface area contributed by atoms with Gasteiger partial charge in [-0.15, -0.1) is 0 Å². The quantitative estimate of drug-likeness (QED) is 0.0574. The fourth-order valence-electron chi connectivity index (χ4n) is 7.94. The lowest BCUT2D eigenvalue weighted by atomic mass is 9.97. The van der Waals surface area contributed by atoms with Gasteiger partial charge in [-0.2, -0.15) is 0 Å². The summed E-state index contributed by atoms with van der Waals surface area (Å²) in [6.45, 7) is 28.5. The first-order chi connectivity index (χ1) is 31.4. The molecule has 8 nitrogen and oxygen atoms in total. The van der Waals surface area contributed by atoms with Gasteiger partial charge in [-0.1, -0.05) is 202 Å². The highest BCUT2D eigenvalue weighted by Gasteiger charge is 2.53. The molecule has 67 heavy (non-hydrogen) atoms. The Hall–Kier alpha value is -4.31. The van der Waals surface area contributed by atoms with Crippen LogP contribution in [0.4, 0.5) is 0 Å². The van der Waals surface area contributed by atoms with E-state index in [1.165, 1.54) is 0 Å². The molecule has 0 saturated carbocycles. The lowest BCUT2D eigenvalue weighted by molar-refractivity contribution is -0.146. The van der Waals surface area contributed by atoms with E-state index in [1.807, 2.05) is 54.6 Å². The third kappa shape index (κ3) is 13.5. The van der Waals surface area contributed by atoms with E-state index in [0.717, 1.165) is 21.5 Å². The Morgan fingerprint density at radius 3 is 1.34 bits per heavy atom. The molecule has 0 unspecified atom stereocenters. The fourth-order valence-corrected chi connectivity index (χ4v) is 14.8. The van der Waals surface area contributed by atoms with E-state index in [1.54, 1.807) is 24.3 Å². The number of esters is 1. The maximum atomic E-state index is 15.8. The van der Waals surface area contributed by atoms with E-state index >= 15 is 4.79 Å². The molecular formula is C56H77NO7Si3. The number of benzene rings is 5. The van der Waals surface area contributed by atoms with Crippen LogP contribution in [0.3, 0.4) is 0 Å². The molecule has 11 heteroatoms. The first kappa shape index (κ1) is 53.6. The molecule has 0 aliphatic rings. The summed E-state index contributed by atoms with van der Waals surface area (Å²) in [6.07, 6.45) is -4.28. The Labute approximate surface area is 405 Å². The fraction of sp³-hybridized carbons (Fsp3) is 0.429. The molecule has 5 aromatic carbocycles. The molecule has 0 saturated heterocycles. The standard InChI is InChI=1S/C56H77NO7Si3/c1-54(2,3)65(10,11)61-42-49(63-53(60)45-33-23-16-24-34-45)51(59)52(64-66(12,13)55(4,5)6)50(58)48(57(39-43-29-19-14-20-30-43)40-44-31-21-15-22-32-44)41-62-67(56(7,8)9,46-35-25-17-26-36-46)47-37-27-18-28-38-47/h14-38,48-50,52,58H,39-42H2,1-13H3/t48-,49+,50-,52-/m1/s1. The molecule has 5 aromatic rings. The SMILES string of the molecule is CC(C)(C)[Si](C)(C)OC[C@H](OC(=O)c1ccccc1)C(=O)[C@H](O[Si](C)(C)C(C)(C)C)[C@H](O)[C@@H](CO[Si](c1ccccc1)(c1ccccc1)C(C)(C)C)N(Cc1ccccc1)Cc1ccccc1. The summed E-state index contributed by atoms with van der Waals surface area (Å²) in [5.74, 6) is -1.20. The minimum Gasteiger partial charge on any atom is -0.448 e. The van der Waals surface area contributed by atoms with Crippen LogP contribution in [0.1, 0.15) is 83.8 Å². The molecule has 0 heterocycles. The van der Waals surface area contributed by atoms with Crippen molar-refractivity contribution >= 4 is 47.1 Å². The van der Waals surface area contributed by atoms with E-state index < -0.39 is 61.1 Å². The van der Waals surface area contributed by atoms with E-state index in [-0.39, 0.29) is 28.3 Å². The Balaban J connectivity index is 1.74. The van der Waals surface area contributed by atoms with Crippen LogP contribution >= 0.6 is 0 Å². The first-order valence-electron chi connectivity index (χ1n) is 23.7. The minimum atomic E-state index is -3.20. The largest absolute Gasteiger partial charge is 0.448 e. The van der Waals surface area contributed by atoms with E-state index in [4.69, 9.17) is 18.0 Å². The predicted octanol–water partition coefficient (Wildman–Crippen LogP) is 11.2. The molecule has 5 rings (SSSR count). The number of Topliss-reactive ketones (excluding diaryl/α,β-unsaturated/α-hetero) is 1. The van der Waals surface area contributed by atoms with Crippen LogP contribution in [0.2, 0.25) is 41.3 Å². The van der Waals surface area contributed by atoms with Crippen LogP contribution in [0.15, 0.2) is 152 Å². The van der Waals surface area contributed by atoms with Crippen molar-refractivity contribution in [3.63, 3.8) is 0 Å². The molecule has 4 atom stereocenters. The molecule has 1 N–H and O–H groups in total. The Morgan fingerprint density at radius 2 is 0.940 bits per heavy atom. The highest BCUT2D eigenvalue weighted by molar-refractivity contribution is 6.99. The van der Waals surface area contributed by atoms with Crippen molar-refractivity contribution < 1.29 is 32.7 Å². The number of hydrogen-bond acceptors (Lipinski definition) is 8. The van der Waals surface area contributed by atoms with Gasteiger partial charge in [0, 0.05) is 13.1 Å². The van der Waals surface area contributed by atoms with Gasteiger partial charge in [0.1, 0.15) is 12.2 Å². The van der Waals surface area contributed by atoms with Gasteiger partial charge in [0.2, 0.25) is 5.78 Å². The zero-order chi connectivity index (χ0) is 49.3. The topological polar surface area (TPSA) is 94.5 Å². The van der Waals surface area contributed by atoms with Gasteiger partial charge < -0.3 is 23.1 Å². The van der Waals surface area contributed by atoms with Gasteiger partial charge in [-0.25, -0.2) is 4.79 Å². The van der Waals surface area contributed by atoms with Crippen LogP contribution in [0, 0.1) is 0 Å². The zero-order valence-electron chi connectivity index (χ0n) is 42.4. The number of ketones is 1. The molecule has 0 radical (unpaired) electrons. The molecule has 360 valence electrons. The number of aliphatic hydroxyl groups excluding tert-OH is 1. The summed E-state index contributed by atoms with van der Waals surface area (Å²) in [4.78, 5) is 32.0. The Morgan fingerprint density at radius 1 is 0.537 bits per heavy atom. The van der Waals surface area contributed by atoms with Gasteiger partial charge in [0.15, 0.2) is 22.7 Å². The van der Waals surface area contributed by atoms with Crippen molar-refractivity contribution in [3.05, 3.63) is 168 Å². The van der Waals surface area contributed by atoms with Gasteiger partial charge in [-0.05, 0) is 74.9 Å². The molecule has 0 amide bonds. The van der Waals surface area contributed by atoms with Gasteiger partial charge in [0.05, 0.1) is 24.8 Å². The van der Waals surface area contributed by atoms with Crippen LogP contribution in [0.5, 0.6) is 0 Å². The molecular weight excluding hydrogens is 883 g/mol. The predicted molar refractivity (Wildman–Crippen MR) is 281 cm³/mol. The maximum Gasteiger partial charge on any atom is 0.338 e. The van der Waals surface area contributed by atoms with Crippen LogP contribution in [0.25, 0.3) is 0 Å². The highest BCUT2D eigenvalue weighted by atomic mass is 28.4. The van der Waals surface area contributed by atoms with Gasteiger partial charge >= 0.3 is 5.97 Å². The number of nitrogens with zero attached hydrogens (tertiary/aromatic N) is 1. The summed E-state index contributed by atoms with van der Waals surface area (Å²) >= 11 is 0. The number of ether oxygens (including phenoxy) is 1. The number of carbonyl (C=O) groups excluding carboxylic acids is 2. The summed E-state index contributed by atoms with van der Waals surface area (Å²) in [5, 5.41) is 14.9. The molecule has 0 bridgehead atoms. The van der Waals surface area contributed by atoms with Crippen LogP contribution in [-0.4, -0.2) is 84.3 Å². The van der Waals surface area contributed by atoms with Crippen molar-refractivity contribution in [2.75, 3.05) is 13.2 Å². The number of carbonyl (C=O) groups is 2. The second-order valence-electron chi connectivity index (χ2n) is 21.9. The van der Waals surface area contributed by atoms with E-state index in [0.29, 0.717) is 18.7 Å². The van der Waals surface area contributed by atoms with Crippen molar-refractivity contribution in [2.24, 2.45) is 0 Å². The van der Waals surface area contributed by atoms with Gasteiger partial charge in [0.25, 0.3) is 8.32 Å². The zero-order valence-corrected chi connectivity index (χ0v) is 45.4. The van der Waals surface area contributed by atoms with Gasteiger partial charge in [-0.3, -0.25) is 9.69 Å². The summed E-state index contributed by atoms with van der Waals surface area (Å²) in [7, 11) is -8.55. The number of rotatable bonds is 21. The van der Waals surface area contributed by atoms with E-state index in [2.05, 4.69) is 166 Å². The second-order valence-corrected chi connectivity index (χ2v) is 35.8. The summed E-state index contributed by atoms with van der Waals surface area (Å²) in [6, 6.07) is 49.1. The van der Waals surface area contributed by atoms with Crippen molar-refractivity contribution in [2.45, 2.75) is 141 Å². The van der Waals surface area contributed by atoms with Crippen LogP contribution in [-0.2, 0) is 35.9 Å². The average Bonchev–Trinajstić information content (AvgIpc) is 3.28. The molecule has 0 aliphatic carbocycles. The monoisotopic (exact) mass is 960 g/mol. The smallest absolute Gasteiger partial charge is 0.338 e. The Kier molecular flexibility index (Phi) is 17.9. The average molecular weight is 960 g/mol. The first-order valence-corrected chi connectivity index (χ1v) is 31.5. The second kappa shape index (κ2) is 22.4. The maximum absolute atomic E-state index is 15.8. The van der Waals surface area contributed by atoms with E-state index in [9.17, 15) is 9.90 Å². The molecule has 0 aromatic heterocycles. The third-order valence-electron chi connectivity index (χ3n) is 14.0. The van der Waals surface area contributed by atoms with Crippen molar-refractivity contribution in [3.8, 4) is 0 Å². The van der Waals surface area contributed by atoms with Crippen molar-refractivity contribution in [1.29, 1.82) is 0 Å². The molecule has 0 fully saturated rings. The Bertz CT molecular complexity index is 2210. The molecule has 0 aliphatic heterocycles. The lowest BCUT2D eigenvalue weighted by Crippen LogP contribution is -2.68. The minimum absolute atomic E-state index is 0.0493. The summed E-state index contributed by atoms with van der Waals surface area (Å²) < 4.78 is 27.9. The molecule has 0 spiro atoms. The summed E-state index contributed by atoms with van der Waals surface area (Å²) in [5.41, 5.74) is 2.38.